The van der Waals surface area contributed by atoms with E-state index in [9.17, 15) is 9.59 Å². The Hall–Kier alpha value is -3.41. The second kappa shape index (κ2) is 7.65. The van der Waals surface area contributed by atoms with Crippen LogP contribution >= 0.6 is 0 Å². The summed E-state index contributed by atoms with van der Waals surface area (Å²) in [5.41, 5.74) is 2.60. The minimum atomic E-state index is -0.348. The summed E-state index contributed by atoms with van der Waals surface area (Å²) in [5, 5.41) is 5.33. The minimum absolute atomic E-state index is 0.147. The molecule has 0 aliphatic rings. The van der Waals surface area contributed by atoms with Gasteiger partial charge in [-0.3, -0.25) is 14.6 Å². The molecule has 0 aliphatic carbocycles. The summed E-state index contributed by atoms with van der Waals surface area (Å²) in [5.74, 6) is 0.504. The van der Waals surface area contributed by atoms with Crippen LogP contribution in [0.3, 0.4) is 0 Å². The maximum atomic E-state index is 12.7. The molecule has 1 aromatic carbocycles. The summed E-state index contributed by atoms with van der Waals surface area (Å²) in [4.78, 5) is 28.6. The number of aryl methyl sites for hydroxylation is 1. The molecule has 0 unspecified atom stereocenters. The highest BCUT2D eigenvalue weighted by atomic mass is 16.3. The van der Waals surface area contributed by atoms with E-state index >= 15 is 0 Å². The topological polar surface area (TPSA) is 84.2 Å². The van der Waals surface area contributed by atoms with Gasteiger partial charge in [0.05, 0.1) is 24.0 Å². The molecule has 2 heterocycles. The van der Waals surface area contributed by atoms with Crippen molar-refractivity contribution in [1.82, 2.24) is 10.3 Å². The largest absolute Gasteiger partial charge is 0.460 e. The maximum absolute atomic E-state index is 12.7. The van der Waals surface area contributed by atoms with Gasteiger partial charge in [-0.25, -0.2) is 0 Å². The van der Waals surface area contributed by atoms with Gasteiger partial charge in [-0.05, 0) is 26.0 Å². The molecule has 6 heteroatoms. The van der Waals surface area contributed by atoms with Crippen LogP contribution in [0.15, 0.2) is 59.3 Å². The van der Waals surface area contributed by atoms with Crippen molar-refractivity contribution >= 4 is 17.5 Å². The van der Waals surface area contributed by atoms with E-state index < -0.39 is 0 Å². The van der Waals surface area contributed by atoms with Crippen molar-refractivity contribution < 1.29 is 14.0 Å². The van der Waals surface area contributed by atoms with E-state index in [2.05, 4.69) is 15.6 Å². The SMILES string of the molecule is Cc1oc(-c2ccccc2)c(C(=O)NCC(=O)Nc2cccnc2)c1C. The fourth-order valence-corrected chi connectivity index (χ4v) is 2.58. The number of nitrogens with one attached hydrogen (secondary N) is 2. The number of carbonyl (C=O) groups excluding carboxylic acids is 2. The minimum Gasteiger partial charge on any atom is -0.460 e. The third-order valence-corrected chi connectivity index (χ3v) is 4.00. The monoisotopic (exact) mass is 349 g/mol. The Kier molecular flexibility index (Phi) is 5.12. The molecule has 0 aliphatic heterocycles. The Morgan fingerprint density at radius 2 is 1.85 bits per heavy atom. The Balaban J connectivity index is 1.73. The average molecular weight is 349 g/mol. The predicted octanol–water partition coefficient (Wildman–Crippen LogP) is 3.33. The van der Waals surface area contributed by atoms with Crippen molar-refractivity contribution in [3.8, 4) is 11.3 Å². The van der Waals surface area contributed by atoms with Gasteiger partial charge in [-0.15, -0.1) is 0 Å². The zero-order valence-corrected chi connectivity index (χ0v) is 14.6. The van der Waals surface area contributed by atoms with E-state index in [0.717, 1.165) is 11.1 Å². The molecule has 0 spiro atoms. The zero-order chi connectivity index (χ0) is 18.5. The normalized spacial score (nSPS) is 10.4. The van der Waals surface area contributed by atoms with E-state index in [1.54, 1.807) is 18.3 Å². The molecule has 0 atom stereocenters. The van der Waals surface area contributed by atoms with Crippen LogP contribution in [-0.2, 0) is 4.79 Å². The maximum Gasteiger partial charge on any atom is 0.255 e. The number of hydrogen-bond donors (Lipinski definition) is 2. The molecule has 6 nitrogen and oxygen atoms in total. The molecule has 0 fully saturated rings. The van der Waals surface area contributed by atoms with Crippen molar-refractivity contribution in [3.05, 3.63) is 71.7 Å². The number of furan rings is 1. The van der Waals surface area contributed by atoms with Crippen LogP contribution in [-0.4, -0.2) is 23.3 Å². The molecule has 132 valence electrons. The number of hydrogen-bond acceptors (Lipinski definition) is 4. The van der Waals surface area contributed by atoms with Gasteiger partial charge in [0.2, 0.25) is 5.91 Å². The first-order valence-electron chi connectivity index (χ1n) is 8.19. The quantitative estimate of drug-likeness (QED) is 0.740. The number of benzene rings is 1. The van der Waals surface area contributed by atoms with E-state index in [4.69, 9.17) is 4.42 Å². The smallest absolute Gasteiger partial charge is 0.255 e. The van der Waals surface area contributed by atoms with Crippen LogP contribution in [0.5, 0.6) is 0 Å². The molecule has 0 saturated heterocycles. The number of nitrogens with zero attached hydrogens (tertiary/aromatic N) is 1. The fourth-order valence-electron chi connectivity index (χ4n) is 2.58. The van der Waals surface area contributed by atoms with Crippen LogP contribution in [0.2, 0.25) is 0 Å². The molecule has 0 saturated carbocycles. The van der Waals surface area contributed by atoms with E-state index in [-0.39, 0.29) is 18.4 Å². The van der Waals surface area contributed by atoms with Gasteiger partial charge in [0.15, 0.2) is 0 Å². The van der Waals surface area contributed by atoms with Crippen LogP contribution in [0.4, 0.5) is 5.69 Å². The Labute approximate surface area is 151 Å². The number of carbonyl (C=O) groups is 2. The van der Waals surface area contributed by atoms with Crippen LogP contribution in [0, 0.1) is 13.8 Å². The highest BCUT2D eigenvalue weighted by Crippen LogP contribution is 2.30. The van der Waals surface area contributed by atoms with Gasteiger partial charge in [-0.1, -0.05) is 30.3 Å². The number of anilines is 1. The summed E-state index contributed by atoms with van der Waals surface area (Å²) < 4.78 is 5.79. The number of pyridine rings is 1. The highest BCUT2D eigenvalue weighted by Gasteiger charge is 2.22. The lowest BCUT2D eigenvalue weighted by Crippen LogP contribution is -2.33. The predicted molar refractivity (Wildman–Crippen MR) is 98.8 cm³/mol. The first-order chi connectivity index (χ1) is 12.6. The van der Waals surface area contributed by atoms with Crippen LogP contribution in [0.1, 0.15) is 21.7 Å². The van der Waals surface area contributed by atoms with Crippen molar-refractivity contribution in [2.45, 2.75) is 13.8 Å². The van der Waals surface area contributed by atoms with Gasteiger partial charge in [-0.2, -0.15) is 0 Å². The first kappa shape index (κ1) is 17.4. The molecule has 26 heavy (non-hydrogen) atoms. The molecule has 2 N–H and O–H groups in total. The third-order valence-electron chi connectivity index (χ3n) is 4.00. The molecule has 3 rings (SSSR count). The highest BCUT2D eigenvalue weighted by molar-refractivity contribution is 6.03. The summed E-state index contributed by atoms with van der Waals surface area (Å²) >= 11 is 0. The lowest BCUT2D eigenvalue weighted by Gasteiger charge is -2.08. The van der Waals surface area contributed by atoms with E-state index in [0.29, 0.717) is 22.8 Å². The summed E-state index contributed by atoms with van der Waals surface area (Å²) in [7, 11) is 0. The molecule has 0 bridgehead atoms. The zero-order valence-electron chi connectivity index (χ0n) is 14.6. The lowest BCUT2D eigenvalue weighted by molar-refractivity contribution is -0.115. The van der Waals surface area contributed by atoms with Gasteiger partial charge < -0.3 is 15.1 Å². The van der Waals surface area contributed by atoms with E-state index in [1.165, 1.54) is 6.20 Å². The van der Waals surface area contributed by atoms with Crippen molar-refractivity contribution in [2.75, 3.05) is 11.9 Å². The number of rotatable bonds is 5. The number of aromatic nitrogens is 1. The molecule has 0 radical (unpaired) electrons. The Morgan fingerprint density at radius 1 is 1.08 bits per heavy atom. The average Bonchev–Trinajstić information content (AvgIpc) is 2.96. The van der Waals surface area contributed by atoms with E-state index in [1.807, 2.05) is 44.2 Å². The molecule has 3 aromatic rings. The summed E-state index contributed by atoms with van der Waals surface area (Å²) in [6, 6.07) is 12.9. The van der Waals surface area contributed by atoms with Crippen molar-refractivity contribution in [3.63, 3.8) is 0 Å². The summed E-state index contributed by atoms with van der Waals surface area (Å²) in [6.45, 7) is 3.50. The van der Waals surface area contributed by atoms with Crippen molar-refractivity contribution in [2.24, 2.45) is 0 Å². The lowest BCUT2D eigenvalue weighted by atomic mass is 10.0. The standard InChI is InChI=1S/C20H19N3O3/c1-13-14(2)26-19(15-7-4-3-5-8-15)18(13)20(25)22-12-17(24)23-16-9-6-10-21-11-16/h3-11H,12H2,1-2H3,(H,22,25)(H,23,24). The molecular formula is C20H19N3O3. The summed E-state index contributed by atoms with van der Waals surface area (Å²) in [6.07, 6.45) is 3.16. The van der Waals surface area contributed by atoms with Gasteiger partial charge in [0, 0.05) is 17.3 Å². The first-order valence-corrected chi connectivity index (χ1v) is 8.19. The Bertz CT molecular complexity index is 918. The molecular weight excluding hydrogens is 330 g/mol. The van der Waals surface area contributed by atoms with Gasteiger partial charge in [0.25, 0.3) is 5.91 Å². The molecule has 2 amide bonds. The van der Waals surface area contributed by atoms with Gasteiger partial charge >= 0.3 is 0 Å². The van der Waals surface area contributed by atoms with Gasteiger partial charge in [0.1, 0.15) is 11.5 Å². The Morgan fingerprint density at radius 3 is 2.54 bits per heavy atom. The number of amides is 2. The second-order valence-electron chi connectivity index (χ2n) is 5.83. The van der Waals surface area contributed by atoms with Crippen molar-refractivity contribution in [1.29, 1.82) is 0 Å². The fraction of sp³-hybridized carbons (Fsp3) is 0.150. The third kappa shape index (κ3) is 3.80. The second-order valence-corrected chi connectivity index (χ2v) is 5.83. The van der Waals surface area contributed by atoms with Crippen LogP contribution < -0.4 is 10.6 Å². The molecule has 2 aromatic heterocycles. The van der Waals surface area contributed by atoms with Crippen LogP contribution in [0.25, 0.3) is 11.3 Å².